The minimum absolute atomic E-state index is 0.213. The lowest BCUT2D eigenvalue weighted by atomic mass is 9.70. The van der Waals surface area contributed by atoms with Crippen molar-refractivity contribution in [2.45, 2.75) is 97.3 Å². The Morgan fingerprint density at radius 3 is 0.979 bits per heavy atom. The predicted octanol–water partition coefficient (Wildman–Crippen LogP) is 11.9. The van der Waals surface area contributed by atoms with Crippen LogP contribution in [0.5, 0.6) is 0 Å². The molecule has 0 heterocycles. The van der Waals surface area contributed by atoms with E-state index in [0.29, 0.717) is 0 Å². The van der Waals surface area contributed by atoms with Crippen molar-refractivity contribution < 1.29 is 0 Å². The fraction of sp³-hybridized carbons (Fsp3) is 0.467. The summed E-state index contributed by atoms with van der Waals surface area (Å²) in [5.41, 5.74) is 6.41. The average molecular weight is 633 g/mol. The minimum Gasteiger partial charge on any atom is -0.304 e. The zero-order chi connectivity index (χ0) is 33.4. The molecule has 0 atom stereocenters. The minimum atomic E-state index is 0.213. The third-order valence-electron chi connectivity index (χ3n) is 9.95. The molecular weight excluding hydrogens is 569 g/mol. The first-order chi connectivity index (χ1) is 23.2. The van der Waals surface area contributed by atoms with Crippen LogP contribution >= 0.6 is 0 Å². The molecular formula is C45H64N2. The molecule has 0 saturated carbocycles. The highest BCUT2D eigenvalue weighted by Crippen LogP contribution is 2.54. The fourth-order valence-corrected chi connectivity index (χ4v) is 7.16. The van der Waals surface area contributed by atoms with Crippen LogP contribution in [0.15, 0.2) is 121 Å². The topological polar surface area (TPSA) is 6.48 Å². The van der Waals surface area contributed by atoms with Gasteiger partial charge >= 0.3 is 0 Å². The molecule has 0 saturated heterocycles. The molecule has 0 fully saturated rings. The number of hydrogen-bond acceptors (Lipinski definition) is 2. The molecule has 2 heteroatoms. The summed E-state index contributed by atoms with van der Waals surface area (Å²) in [5, 5.41) is 0. The van der Waals surface area contributed by atoms with Gasteiger partial charge in [-0.1, -0.05) is 188 Å². The zero-order valence-corrected chi connectivity index (χ0v) is 30.3. The van der Waals surface area contributed by atoms with Gasteiger partial charge in [0.15, 0.2) is 0 Å². The molecule has 0 aliphatic heterocycles. The number of nitrogens with zero attached hydrogens (tertiary/aromatic N) is 2. The van der Waals surface area contributed by atoms with Gasteiger partial charge in [0.1, 0.15) is 0 Å². The van der Waals surface area contributed by atoms with Gasteiger partial charge in [-0.3, -0.25) is 0 Å². The van der Waals surface area contributed by atoms with Gasteiger partial charge in [0.05, 0.1) is 0 Å². The number of unbranched alkanes of at least 4 members (excludes halogenated alkanes) is 6. The normalized spacial score (nSPS) is 12.5. The van der Waals surface area contributed by atoms with Crippen LogP contribution in [0.3, 0.4) is 0 Å². The zero-order valence-electron chi connectivity index (χ0n) is 30.3. The van der Waals surface area contributed by atoms with E-state index in [1.807, 2.05) is 72.8 Å². The van der Waals surface area contributed by atoms with Crippen LogP contribution in [0.4, 0.5) is 0 Å². The van der Waals surface area contributed by atoms with Crippen LogP contribution in [-0.2, 0) is 5.41 Å². The van der Waals surface area contributed by atoms with E-state index in [9.17, 15) is 0 Å². The van der Waals surface area contributed by atoms with Crippen molar-refractivity contribution in [2.24, 2.45) is 0 Å². The smallest absolute Gasteiger partial charge is 0.0215 e. The van der Waals surface area contributed by atoms with E-state index >= 15 is 0 Å². The van der Waals surface area contributed by atoms with Crippen LogP contribution in [0.1, 0.15) is 103 Å². The number of benzene rings is 4. The molecule has 0 aromatic heterocycles. The summed E-state index contributed by atoms with van der Waals surface area (Å²) in [7, 11) is 0. The van der Waals surface area contributed by atoms with Crippen molar-refractivity contribution in [3.05, 3.63) is 132 Å². The molecule has 0 unspecified atom stereocenters. The van der Waals surface area contributed by atoms with E-state index in [0.717, 1.165) is 0 Å². The van der Waals surface area contributed by atoms with Gasteiger partial charge < -0.3 is 9.80 Å². The third-order valence-corrected chi connectivity index (χ3v) is 9.95. The molecule has 0 N–H and O–H groups in total. The number of fused-ring (bicyclic) bond motifs is 3. The van der Waals surface area contributed by atoms with Crippen molar-refractivity contribution in [3.63, 3.8) is 0 Å². The fourth-order valence-electron chi connectivity index (χ4n) is 7.16. The van der Waals surface area contributed by atoms with Gasteiger partial charge in [-0.05, 0) is 87.2 Å². The summed E-state index contributed by atoms with van der Waals surface area (Å²) in [4.78, 5) is 5.12. The van der Waals surface area contributed by atoms with E-state index in [-0.39, 0.29) is 5.41 Å². The first kappa shape index (κ1) is 38.2. The molecule has 4 aromatic carbocycles. The van der Waals surface area contributed by atoms with Gasteiger partial charge in [0.25, 0.3) is 0 Å². The van der Waals surface area contributed by atoms with Crippen LogP contribution in [0.25, 0.3) is 11.1 Å². The van der Waals surface area contributed by atoms with Crippen LogP contribution in [0.2, 0.25) is 0 Å². The van der Waals surface area contributed by atoms with E-state index < -0.39 is 0 Å². The Hall–Kier alpha value is -3.20. The maximum atomic E-state index is 2.56. The summed E-state index contributed by atoms with van der Waals surface area (Å²) >= 11 is 0. The van der Waals surface area contributed by atoms with Crippen molar-refractivity contribution in [1.29, 1.82) is 0 Å². The molecule has 0 spiro atoms. The molecule has 1 aliphatic carbocycles. The maximum absolute atomic E-state index is 2.56. The molecule has 5 rings (SSSR count). The lowest BCUT2D eigenvalue weighted by molar-refractivity contribution is 0.292. The standard InChI is InChI=1S/C33H52N2.2C6H6/c1-5-34(6-2)27-19-11-9-17-25-33(26-18-10-12-20-28-35(7-3)8-4)31-23-15-13-21-29(31)30-22-14-16-24-32(30)33;2*1-2-4-6-5-3-1/h13-16,21-24H,5-12,17-20,25-28H2,1-4H3;2*1-6H. The molecule has 47 heavy (non-hydrogen) atoms. The largest absolute Gasteiger partial charge is 0.304 e. The third kappa shape index (κ3) is 12.7. The van der Waals surface area contributed by atoms with Gasteiger partial charge in [-0.25, -0.2) is 0 Å². The van der Waals surface area contributed by atoms with Gasteiger partial charge in [0.2, 0.25) is 0 Å². The van der Waals surface area contributed by atoms with E-state index in [4.69, 9.17) is 0 Å². The quantitative estimate of drug-likeness (QED) is 0.101. The van der Waals surface area contributed by atoms with Gasteiger partial charge in [-0.15, -0.1) is 0 Å². The summed E-state index contributed by atoms with van der Waals surface area (Å²) in [5.74, 6) is 0. The Labute approximate surface area is 289 Å². The van der Waals surface area contributed by atoms with Gasteiger partial charge in [0, 0.05) is 5.41 Å². The predicted molar refractivity (Wildman–Crippen MR) is 207 cm³/mol. The summed E-state index contributed by atoms with van der Waals surface area (Å²) in [6, 6.07) is 42.6. The molecule has 0 radical (unpaired) electrons. The second-order valence-electron chi connectivity index (χ2n) is 12.9. The van der Waals surface area contributed by atoms with Crippen LogP contribution < -0.4 is 0 Å². The van der Waals surface area contributed by atoms with E-state index in [2.05, 4.69) is 86.0 Å². The number of rotatable bonds is 18. The molecule has 0 amide bonds. The number of hydrogen-bond donors (Lipinski definition) is 0. The Morgan fingerprint density at radius 2 is 0.660 bits per heavy atom. The van der Waals surface area contributed by atoms with E-state index in [1.165, 1.54) is 115 Å². The first-order valence-electron chi connectivity index (χ1n) is 18.8. The second-order valence-corrected chi connectivity index (χ2v) is 12.9. The highest BCUT2D eigenvalue weighted by atomic mass is 15.1. The summed E-state index contributed by atoms with van der Waals surface area (Å²) in [6.45, 7) is 16.4. The Kier molecular flexibility index (Phi) is 18.9. The van der Waals surface area contributed by atoms with Crippen molar-refractivity contribution in [3.8, 4) is 11.1 Å². The highest BCUT2D eigenvalue weighted by molar-refractivity contribution is 5.80. The second kappa shape index (κ2) is 23.2. The van der Waals surface area contributed by atoms with Crippen LogP contribution in [0, 0.1) is 0 Å². The SMILES string of the molecule is CCN(CC)CCCCCCC1(CCCCCCN(CC)CC)c2ccccc2-c2ccccc21.c1ccccc1.c1ccccc1. The average Bonchev–Trinajstić information content (AvgIpc) is 3.42. The summed E-state index contributed by atoms with van der Waals surface area (Å²) < 4.78 is 0. The van der Waals surface area contributed by atoms with Crippen LogP contribution in [-0.4, -0.2) is 49.1 Å². The Balaban J connectivity index is 0.000000414. The lowest BCUT2D eigenvalue weighted by Crippen LogP contribution is -2.26. The maximum Gasteiger partial charge on any atom is 0.0215 e. The van der Waals surface area contributed by atoms with Crippen molar-refractivity contribution in [1.82, 2.24) is 9.80 Å². The van der Waals surface area contributed by atoms with E-state index in [1.54, 1.807) is 11.1 Å². The van der Waals surface area contributed by atoms with Crippen molar-refractivity contribution >= 4 is 0 Å². The lowest BCUT2D eigenvalue weighted by Gasteiger charge is -2.33. The Morgan fingerprint density at radius 1 is 0.362 bits per heavy atom. The molecule has 4 aromatic rings. The molecule has 1 aliphatic rings. The molecule has 2 nitrogen and oxygen atoms in total. The van der Waals surface area contributed by atoms with Gasteiger partial charge in [-0.2, -0.15) is 0 Å². The monoisotopic (exact) mass is 633 g/mol. The summed E-state index contributed by atoms with van der Waals surface area (Å²) in [6.07, 6.45) is 13.4. The highest BCUT2D eigenvalue weighted by Gasteiger charge is 2.41. The first-order valence-corrected chi connectivity index (χ1v) is 18.8. The molecule has 0 bridgehead atoms. The van der Waals surface area contributed by atoms with Crippen molar-refractivity contribution in [2.75, 3.05) is 39.3 Å². The Bertz CT molecular complexity index is 1140. The molecule has 254 valence electrons.